The van der Waals surface area contributed by atoms with Crippen LogP contribution in [0.4, 0.5) is 0 Å². The number of nitrogens with zero attached hydrogens (tertiary/aromatic N) is 1. The van der Waals surface area contributed by atoms with E-state index in [4.69, 9.17) is 15.2 Å². The molecule has 0 aliphatic rings. The van der Waals surface area contributed by atoms with Gasteiger partial charge in [-0.3, -0.25) is 0 Å². The van der Waals surface area contributed by atoms with Crippen molar-refractivity contribution in [2.75, 3.05) is 0 Å². The molecule has 0 aliphatic heterocycles. The first-order valence-electron chi connectivity index (χ1n) is 6.90. The first kappa shape index (κ1) is 19.1. The maximum absolute atomic E-state index is 10.9. The lowest BCUT2D eigenvalue weighted by molar-refractivity contribution is -0.132. The van der Waals surface area contributed by atoms with Crippen LogP contribution in [0.3, 0.4) is 0 Å². The van der Waals surface area contributed by atoms with Crippen molar-refractivity contribution in [2.24, 2.45) is 0 Å². The van der Waals surface area contributed by atoms with E-state index < -0.39 is 5.97 Å². The van der Waals surface area contributed by atoms with E-state index in [2.05, 4.69) is 6.92 Å². The SMILES string of the molecule is CCCCC(=CC=Cc1ccccc1)C(=O)O.N#CC=C=O. The minimum Gasteiger partial charge on any atom is -0.478 e. The third-order valence-corrected chi connectivity index (χ3v) is 2.58. The van der Waals surface area contributed by atoms with E-state index in [9.17, 15) is 4.79 Å². The fraction of sp³-hybridized carbons (Fsp3) is 0.222. The van der Waals surface area contributed by atoms with E-state index in [1.165, 1.54) is 12.0 Å². The molecular formula is C18H19NO3. The molecule has 1 rings (SSSR count). The Morgan fingerprint density at radius 1 is 1.32 bits per heavy atom. The number of aliphatic carboxylic acids is 1. The number of nitriles is 1. The lowest BCUT2D eigenvalue weighted by Gasteiger charge is -1.98. The van der Waals surface area contributed by atoms with Crippen molar-refractivity contribution < 1.29 is 14.7 Å². The summed E-state index contributed by atoms with van der Waals surface area (Å²) in [6.45, 7) is 2.05. The summed E-state index contributed by atoms with van der Waals surface area (Å²) in [7, 11) is 0. The molecule has 0 saturated heterocycles. The number of carbonyl (C=O) groups is 1. The van der Waals surface area contributed by atoms with E-state index in [0.717, 1.165) is 24.5 Å². The highest BCUT2D eigenvalue weighted by atomic mass is 16.4. The highest BCUT2D eigenvalue weighted by Gasteiger charge is 2.04. The fourth-order valence-electron chi connectivity index (χ4n) is 1.49. The molecule has 0 heterocycles. The van der Waals surface area contributed by atoms with E-state index in [1.807, 2.05) is 36.4 Å². The summed E-state index contributed by atoms with van der Waals surface area (Å²) >= 11 is 0. The molecular weight excluding hydrogens is 278 g/mol. The van der Waals surface area contributed by atoms with E-state index in [-0.39, 0.29) is 0 Å². The zero-order valence-electron chi connectivity index (χ0n) is 12.5. The van der Waals surface area contributed by atoms with E-state index in [1.54, 1.807) is 12.2 Å². The van der Waals surface area contributed by atoms with Crippen LogP contribution in [0.1, 0.15) is 31.7 Å². The molecule has 4 heteroatoms. The van der Waals surface area contributed by atoms with Crippen molar-refractivity contribution in [3.8, 4) is 6.07 Å². The Hall–Kier alpha value is -2.89. The molecule has 0 bridgehead atoms. The van der Waals surface area contributed by atoms with E-state index >= 15 is 0 Å². The van der Waals surface area contributed by atoms with Gasteiger partial charge in [-0.25, -0.2) is 9.59 Å². The van der Waals surface area contributed by atoms with Crippen molar-refractivity contribution in [2.45, 2.75) is 26.2 Å². The Balaban J connectivity index is 0.000000763. The Kier molecular flexibility index (Phi) is 11.4. The smallest absolute Gasteiger partial charge is 0.331 e. The second-order valence-corrected chi connectivity index (χ2v) is 4.26. The summed E-state index contributed by atoms with van der Waals surface area (Å²) in [5.41, 5.74) is 1.54. The van der Waals surface area contributed by atoms with Crippen LogP contribution in [0.15, 0.2) is 54.1 Å². The van der Waals surface area contributed by atoms with Crippen LogP contribution >= 0.6 is 0 Å². The number of hydrogen-bond acceptors (Lipinski definition) is 3. The normalized spacial score (nSPS) is 10.1. The largest absolute Gasteiger partial charge is 0.478 e. The number of rotatable bonds is 6. The van der Waals surface area contributed by atoms with Gasteiger partial charge < -0.3 is 5.11 Å². The standard InChI is InChI=1S/C15H18O2.C3HNO/c1-2-3-11-14(15(16)17)12-7-10-13-8-5-4-6-9-13;4-2-1-3-5/h4-10,12H,2-3,11H2,1H3,(H,16,17);1H. The number of carboxylic acid groups (broad SMARTS) is 1. The molecule has 0 unspecified atom stereocenters. The van der Waals surface area contributed by atoms with Crippen molar-refractivity contribution in [1.29, 1.82) is 5.26 Å². The molecule has 1 N–H and O–H groups in total. The number of carbonyl (C=O) groups excluding carboxylic acids is 1. The number of benzene rings is 1. The topological polar surface area (TPSA) is 78.2 Å². The van der Waals surface area contributed by atoms with Crippen LogP contribution in [0.5, 0.6) is 0 Å². The van der Waals surface area contributed by atoms with Crippen LogP contribution in [0, 0.1) is 11.3 Å². The van der Waals surface area contributed by atoms with Gasteiger partial charge in [0.15, 0.2) is 0 Å². The summed E-state index contributed by atoms with van der Waals surface area (Å²) in [5.74, 6) is 0.458. The van der Waals surface area contributed by atoms with Crippen molar-refractivity contribution in [1.82, 2.24) is 0 Å². The summed E-state index contributed by atoms with van der Waals surface area (Å²) in [6.07, 6.45) is 8.70. The van der Waals surface area contributed by atoms with Gasteiger partial charge in [-0.15, -0.1) is 0 Å². The summed E-state index contributed by atoms with van der Waals surface area (Å²) < 4.78 is 0. The van der Waals surface area contributed by atoms with E-state index in [0.29, 0.717) is 12.0 Å². The molecule has 0 radical (unpaired) electrons. The summed E-state index contributed by atoms with van der Waals surface area (Å²) in [4.78, 5) is 19.9. The first-order chi connectivity index (χ1) is 10.7. The van der Waals surface area contributed by atoms with Gasteiger partial charge in [0.05, 0.1) is 6.08 Å². The molecule has 0 aromatic heterocycles. The Labute approximate surface area is 130 Å². The van der Waals surface area contributed by atoms with Crippen LogP contribution in [-0.4, -0.2) is 17.0 Å². The minimum atomic E-state index is -0.823. The maximum Gasteiger partial charge on any atom is 0.331 e. The number of hydrogen-bond donors (Lipinski definition) is 1. The predicted molar refractivity (Wildman–Crippen MR) is 86.6 cm³/mol. The molecule has 22 heavy (non-hydrogen) atoms. The lowest BCUT2D eigenvalue weighted by Crippen LogP contribution is -1.99. The molecule has 0 aliphatic carbocycles. The molecule has 1 aromatic rings. The number of unbranched alkanes of at least 4 members (excludes halogenated alkanes) is 1. The van der Waals surface area contributed by atoms with Gasteiger partial charge >= 0.3 is 5.97 Å². The molecule has 1 aromatic carbocycles. The summed E-state index contributed by atoms with van der Waals surface area (Å²) in [6, 6.07) is 11.3. The molecule has 114 valence electrons. The van der Waals surface area contributed by atoms with Crippen molar-refractivity contribution >= 4 is 18.0 Å². The molecule has 0 saturated carbocycles. The van der Waals surface area contributed by atoms with Crippen LogP contribution in [-0.2, 0) is 9.59 Å². The second-order valence-electron chi connectivity index (χ2n) is 4.26. The van der Waals surface area contributed by atoms with Gasteiger partial charge in [-0.05, 0) is 18.4 Å². The number of allylic oxidation sites excluding steroid dienone is 3. The molecule has 0 spiro atoms. The average molecular weight is 297 g/mol. The number of carboxylic acids is 1. The summed E-state index contributed by atoms with van der Waals surface area (Å²) in [5, 5.41) is 16.5. The minimum absolute atomic E-state index is 0.471. The zero-order valence-corrected chi connectivity index (χ0v) is 12.5. The first-order valence-corrected chi connectivity index (χ1v) is 6.90. The predicted octanol–water partition coefficient (Wildman–Crippen LogP) is 3.80. The Bertz CT molecular complexity index is 589. The van der Waals surface area contributed by atoms with Gasteiger partial charge in [0.1, 0.15) is 12.0 Å². The third kappa shape index (κ3) is 9.96. The Morgan fingerprint density at radius 2 is 2.00 bits per heavy atom. The quantitative estimate of drug-likeness (QED) is 0.375. The Morgan fingerprint density at radius 3 is 2.45 bits per heavy atom. The monoisotopic (exact) mass is 297 g/mol. The zero-order chi connectivity index (χ0) is 16.6. The van der Waals surface area contributed by atoms with Gasteiger partial charge in [0.2, 0.25) is 0 Å². The molecule has 0 fully saturated rings. The highest BCUT2D eigenvalue weighted by Crippen LogP contribution is 2.09. The molecule has 4 nitrogen and oxygen atoms in total. The van der Waals surface area contributed by atoms with Gasteiger partial charge in [-0.2, -0.15) is 5.26 Å². The van der Waals surface area contributed by atoms with Gasteiger partial charge in [0, 0.05) is 5.57 Å². The molecule has 0 amide bonds. The van der Waals surface area contributed by atoms with Crippen molar-refractivity contribution in [3.05, 3.63) is 59.7 Å². The average Bonchev–Trinajstić information content (AvgIpc) is 2.53. The second kappa shape index (κ2) is 13.1. The fourth-order valence-corrected chi connectivity index (χ4v) is 1.49. The lowest BCUT2D eigenvalue weighted by atomic mass is 10.1. The van der Waals surface area contributed by atoms with Gasteiger partial charge in [0.25, 0.3) is 0 Å². The third-order valence-electron chi connectivity index (χ3n) is 2.58. The van der Waals surface area contributed by atoms with Gasteiger partial charge in [-0.1, -0.05) is 61.9 Å². The van der Waals surface area contributed by atoms with Crippen LogP contribution in [0.25, 0.3) is 6.08 Å². The van der Waals surface area contributed by atoms with Crippen LogP contribution in [0.2, 0.25) is 0 Å². The molecule has 0 atom stereocenters. The maximum atomic E-state index is 10.9. The van der Waals surface area contributed by atoms with Crippen LogP contribution < -0.4 is 0 Å². The van der Waals surface area contributed by atoms with Crippen molar-refractivity contribution in [3.63, 3.8) is 0 Å². The highest BCUT2D eigenvalue weighted by molar-refractivity contribution is 5.87.